The second-order valence-electron chi connectivity index (χ2n) is 7.61. The summed E-state index contributed by atoms with van der Waals surface area (Å²) in [6.07, 6.45) is 7.26. The van der Waals surface area contributed by atoms with Crippen LogP contribution < -0.4 is 5.32 Å². The van der Waals surface area contributed by atoms with Crippen molar-refractivity contribution in [2.45, 2.75) is 76.2 Å². The first kappa shape index (κ1) is 13.1. The van der Waals surface area contributed by atoms with Crippen LogP contribution in [0, 0.1) is 11.8 Å². The molecule has 2 aliphatic heterocycles. The van der Waals surface area contributed by atoms with Crippen molar-refractivity contribution >= 4 is 5.91 Å². The number of hydrogen-bond acceptors (Lipinski definition) is 3. The van der Waals surface area contributed by atoms with E-state index in [0.717, 1.165) is 32.3 Å². The Morgan fingerprint density at radius 2 is 2.10 bits per heavy atom. The van der Waals surface area contributed by atoms with Gasteiger partial charge in [-0.3, -0.25) is 10.1 Å². The van der Waals surface area contributed by atoms with Crippen LogP contribution in [0.5, 0.6) is 0 Å². The van der Waals surface area contributed by atoms with E-state index in [9.17, 15) is 4.79 Å². The number of amides is 1. The molecule has 112 valence electrons. The lowest BCUT2D eigenvalue weighted by Crippen LogP contribution is -2.49. The van der Waals surface area contributed by atoms with Crippen LogP contribution in [0.2, 0.25) is 0 Å². The van der Waals surface area contributed by atoms with Crippen molar-refractivity contribution in [1.29, 1.82) is 0 Å². The molecule has 4 nitrogen and oxygen atoms in total. The lowest BCUT2D eigenvalue weighted by Gasteiger charge is -2.34. The third kappa shape index (κ3) is 2.00. The maximum Gasteiger partial charge on any atom is 0.244 e. The Morgan fingerprint density at radius 1 is 1.35 bits per heavy atom. The van der Waals surface area contributed by atoms with E-state index in [1.54, 1.807) is 0 Å². The summed E-state index contributed by atoms with van der Waals surface area (Å²) in [6.45, 7) is 5.31. The fourth-order valence-electron chi connectivity index (χ4n) is 4.10. The van der Waals surface area contributed by atoms with Crippen molar-refractivity contribution in [3.05, 3.63) is 0 Å². The summed E-state index contributed by atoms with van der Waals surface area (Å²) in [6, 6.07) is 0.325. The van der Waals surface area contributed by atoms with E-state index < -0.39 is 0 Å². The summed E-state index contributed by atoms with van der Waals surface area (Å²) in [5, 5.41) is 3.65. The number of ether oxygens (including phenoxy) is 1. The SMILES string of the molecule is CC(C)CC1NC2(CC2)C(=O)N1C1CCOC1C1CC1. The van der Waals surface area contributed by atoms with Crippen molar-refractivity contribution < 1.29 is 9.53 Å². The van der Waals surface area contributed by atoms with Gasteiger partial charge in [0.2, 0.25) is 5.91 Å². The van der Waals surface area contributed by atoms with Crippen molar-refractivity contribution in [1.82, 2.24) is 10.2 Å². The molecule has 1 amide bonds. The molecule has 4 heteroatoms. The quantitative estimate of drug-likeness (QED) is 0.854. The van der Waals surface area contributed by atoms with Crippen molar-refractivity contribution in [2.24, 2.45) is 11.8 Å². The van der Waals surface area contributed by atoms with Gasteiger partial charge in [-0.2, -0.15) is 0 Å². The van der Waals surface area contributed by atoms with Crippen molar-refractivity contribution in [2.75, 3.05) is 6.61 Å². The third-order valence-electron chi connectivity index (χ3n) is 5.41. The molecule has 2 aliphatic carbocycles. The van der Waals surface area contributed by atoms with E-state index in [4.69, 9.17) is 4.74 Å². The third-order valence-corrected chi connectivity index (χ3v) is 5.41. The summed E-state index contributed by atoms with van der Waals surface area (Å²) in [4.78, 5) is 15.1. The molecule has 2 saturated heterocycles. The maximum atomic E-state index is 12.9. The molecule has 0 aromatic heterocycles. The fourth-order valence-corrected chi connectivity index (χ4v) is 4.10. The van der Waals surface area contributed by atoms with Crippen molar-refractivity contribution in [3.8, 4) is 0 Å². The highest BCUT2D eigenvalue weighted by molar-refractivity contribution is 5.92. The van der Waals surface area contributed by atoms with E-state index in [1.165, 1.54) is 12.8 Å². The molecule has 4 rings (SSSR count). The molecule has 1 N–H and O–H groups in total. The maximum absolute atomic E-state index is 12.9. The van der Waals surface area contributed by atoms with Gasteiger partial charge in [0.25, 0.3) is 0 Å². The van der Waals surface area contributed by atoms with Gasteiger partial charge in [-0.25, -0.2) is 0 Å². The van der Waals surface area contributed by atoms with Crippen LogP contribution >= 0.6 is 0 Å². The minimum atomic E-state index is -0.184. The molecule has 2 heterocycles. The molecule has 4 fully saturated rings. The largest absolute Gasteiger partial charge is 0.376 e. The van der Waals surface area contributed by atoms with Crippen LogP contribution in [-0.4, -0.2) is 41.3 Å². The number of nitrogens with zero attached hydrogens (tertiary/aromatic N) is 1. The van der Waals surface area contributed by atoms with Gasteiger partial charge >= 0.3 is 0 Å². The monoisotopic (exact) mass is 278 g/mol. The van der Waals surface area contributed by atoms with E-state index in [0.29, 0.717) is 29.9 Å². The highest BCUT2D eigenvalue weighted by Gasteiger charge is 2.61. The first-order valence-corrected chi connectivity index (χ1v) is 8.33. The zero-order valence-electron chi connectivity index (χ0n) is 12.6. The topological polar surface area (TPSA) is 41.6 Å². The van der Waals surface area contributed by atoms with Gasteiger partial charge in [0, 0.05) is 6.61 Å². The van der Waals surface area contributed by atoms with Gasteiger partial charge in [-0.05, 0) is 50.4 Å². The normalized spacial score (nSPS) is 39.2. The first-order chi connectivity index (χ1) is 9.61. The van der Waals surface area contributed by atoms with E-state index in [-0.39, 0.29) is 11.7 Å². The van der Waals surface area contributed by atoms with Crippen LogP contribution in [0.4, 0.5) is 0 Å². The van der Waals surface area contributed by atoms with Gasteiger partial charge in [0.05, 0.1) is 23.9 Å². The summed E-state index contributed by atoms with van der Waals surface area (Å²) in [7, 11) is 0. The molecule has 3 atom stereocenters. The van der Waals surface area contributed by atoms with Gasteiger partial charge in [0.15, 0.2) is 0 Å². The van der Waals surface area contributed by atoms with Crippen LogP contribution in [-0.2, 0) is 9.53 Å². The predicted molar refractivity (Wildman–Crippen MR) is 76.1 cm³/mol. The molecule has 4 aliphatic rings. The van der Waals surface area contributed by atoms with Crippen LogP contribution in [0.15, 0.2) is 0 Å². The average molecular weight is 278 g/mol. The zero-order chi connectivity index (χ0) is 13.9. The van der Waals surface area contributed by atoms with E-state index in [1.807, 2.05) is 0 Å². The Bertz CT molecular complexity index is 415. The van der Waals surface area contributed by atoms with Gasteiger partial charge < -0.3 is 9.64 Å². The molecule has 20 heavy (non-hydrogen) atoms. The molecule has 0 aromatic carbocycles. The lowest BCUT2D eigenvalue weighted by molar-refractivity contribution is -0.134. The molecule has 0 bridgehead atoms. The Hall–Kier alpha value is -0.610. The number of hydrogen-bond donors (Lipinski definition) is 1. The smallest absolute Gasteiger partial charge is 0.244 e. The van der Waals surface area contributed by atoms with E-state index in [2.05, 4.69) is 24.1 Å². The number of carbonyl (C=O) groups is 1. The van der Waals surface area contributed by atoms with E-state index >= 15 is 0 Å². The Balaban J connectivity index is 1.57. The lowest BCUT2D eigenvalue weighted by atomic mass is 10.0. The Kier molecular flexibility index (Phi) is 2.90. The van der Waals surface area contributed by atoms with Gasteiger partial charge in [-0.15, -0.1) is 0 Å². The first-order valence-electron chi connectivity index (χ1n) is 8.33. The average Bonchev–Trinajstić information content (AvgIpc) is 3.29. The highest BCUT2D eigenvalue weighted by atomic mass is 16.5. The summed E-state index contributed by atoms with van der Waals surface area (Å²) >= 11 is 0. The zero-order valence-corrected chi connectivity index (χ0v) is 12.6. The van der Waals surface area contributed by atoms with Gasteiger partial charge in [-0.1, -0.05) is 13.8 Å². The van der Waals surface area contributed by atoms with Crippen molar-refractivity contribution in [3.63, 3.8) is 0 Å². The minimum absolute atomic E-state index is 0.184. The summed E-state index contributed by atoms with van der Waals surface area (Å²) in [5.41, 5.74) is -0.184. The number of nitrogens with one attached hydrogen (secondary N) is 1. The molecule has 2 saturated carbocycles. The molecule has 1 spiro atoms. The number of carbonyl (C=O) groups excluding carboxylic acids is 1. The minimum Gasteiger partial charge on any atom is -0.376 e. The fraction of sp³-hybridized carbons (Fsp3) is 0.938. The highest BCUT2D eigenvalue weighted by Crippen LogP contribution is 2.47. The second kappa shape index (κ2) is 4.44. The summed E-state index contributed by atoms with van der Waals surface area (Å²) in [5.74, 6) is 1.69. The summed E-state index contributed by atoms with van der Waals surface area (Å²) < 4.78 is 5.97. The standard InChI is InChI=1S/C16H26N2O2/c1-10(2)9-13-17-16(6-7-16)15(19)18(13)12-5-8-20-14(12)11-3-4-11/h10-14,17H,3-9H2,1-2H3. The Morgan fingerprint density at radius 3 is 2.70 bits per heavy atom. The Labute approximate surface area is 121 Å². The number of rotatable bonds is 4. The molecule has 0 aromatic rings. The molecular formula is C16H26N2O2. The predicted octanol–water partition coefficient (Wildman–Crippen LogP) is 1.89. The molecular weight excluding hydrogens is 252 g/mol. The van der Waals surface area contributed by atoms with Gasteiger partial charge in [0.1, 0.15) is 0 Å². The van der Waals surface area contributed by atoms with Crippen LogP contribution in [0.3, 0.4) is 0 Å². The van der Waals surface area contributed by atoms with Crippen LogP contribution in [0.25, 0.3) is 0 Å². The molecule has 3 unspecified atom stereocenters. The second-order valence-corrected chi connectivity index (χ2v) is 7.61. The molecule has 0 radical (unpaired) electrons. The van der Waals surface area contributed by atoms with Crippen LogP contribution in [0.1, 0.15) is 52.4 Å².